The summed E-state index contributed by atoms with van der Waals surface area (Å²) in [5.41, 5.74) is 5.55. The van der Waals surface area contributed by atoms with Gasteiger partial charge in [0.15, 0.2) is 0 Å². The highest BCUT2D eigenvalue weighted by molar-refractivity contribution is 6.00. The van der Waals surface area contributed by atoms with Crippen molar-refractivity contribution in [3.8, 4) is 17.2 Å². The standard InChI is InChI=1S/C30H35N3O5/c1-32(2)16-21-12-22-8-10-33(17-25(22)26(13-21)31-23-9-11-37-19-23)30(36)29-27(35)14-24(34)15-28(29)38-18-20-6-4-3-5-7-20/h3-7,12-15,23,31,34-35H,8-11,16-19H2,1-2H3/t23-/m1/s1. The molecule has 2 aliphatic heterocycles. The Hall–Kier alpha value is -3.75. The van der Waals surface area contributed by atoms with Crippen LogP contribution in [0.15, 0.2) is 54.6 Å². The number of aromatic hydroxyl groups is 2. The van der Waals surface area contributed by atoms with E-state index in [2.05, 4.69) is 36.4 Å². The lowest BCUT2D eigenvalue weighted by molar-refractivity contribution is 0.0726. The fourth-order valence-electron chi connectivity index (χ4n) is 5.17. The van der Waals surface area contributed by atoms with E-state index < -0.39 is 0 Å². The lowest BCUT2D eigenvalue weighted by atomic mass is 9.94. The van der Waals surface area contributed by atoms with Crippen LogP contribution in [-0.4, -0.2) is 65.8 Å². The molecule has 0 spiro atoms. The van der Waals surface area contributed by atoms with Gasteiger partial charge in [-0.3, -0.25) is 4.79 Å². The zero-order valence-corrected chi connectivity index (χ0v) is 21.9. The molecule has 8 nitrogen and oxygen atoms in total. The largest absolute Gasteiger partial charge is 0.508 e. The number of fused-ring (bicyclic) bond motifs is 1. The topological polar surface area (TPSA) is 94.5 Å². The summed E-state index contributed by atoms with van der Waals surface area (Å²) >= 11 is 0. The molecule has 1 amide bonds. The summed E-state index contributed by atoms with van der Waals surface area (Å²) < 4.78 is 11.5. The molecule has 1 atom stereocenters. The maximum atomic E-state index is 13.8. The van der Waals surface area contributed by atoms with Crippen LogP contribution in [0.1, 0.15) is 39.0 Å². The minimum Gasteiger partial charge on any atom is -0.508 e. The highest BCUT2D eigenvalue weighted by Gasteiger charge is 2.30. The third kappa shape index (κ3) is 5.87. The maximum absolute atomic E-state index is 13.8. The molecule has 3 aromatic carbocycles. The highest BCUT2D eigenvalue weighted by Crippen LogP contribution is 2.37. The van der Waals surface area contributed by atoms with E-state index in [9.17, 15) is 15.0 Å². The van der Waals surface area contributed by atoms with Crippen molar-refractivity contribution in [3.05, 3.63) is 82.4 Å². The zero-order chi connectivity index (χ0) is 26.6. The molecule has 1 saturated heterocycles. The number of nitrogens with one attached hydrogen (secondary N) is 1. The molecule has 0 aliphatic carbocycles. The van der Waals surface area contributed by atoms with Crippen LogP contribution in [0, 0.1) is 0 Å². The molecular formula is C30H35N3O5. The van der Waals surface area contributed by atoms with E-state index in [0.717, 1.165) is 36.4 Å². The molecule has 0 aromatic heterocycles. The van der Waals surface area contributed by atoms with Gasteiger partial charge in [-0.15, -0.1) is 0 Å². The molecule has 0 unspecified atom stereocenters. The lowest BCUT2D eigenvalue weighted by Crippen LogP contribution is -2.37. The van der Waals surface area contributed by atoms with Gasteiger partial charge in [-0.25, -0.2) is 0 Å². The number of ether oxygens (including phenoxy) is 2. The third-order valence-electron chi connectivity index (χ3n) is 6.99. The number of carbonyl (C=O) groups is 1. The molecule has 3 N–H and O–H groups in total. The van der Waals surface area contributed by atoms with E-state index in [0.29, 0.717) is 26.1 Å². The van der Waals surface area contributed by atoms with Crippen molar-refractivity contribution in [1.82, 2.24) is 9.80 Å². The maximum Gasteiger partial charge on any atom is 0.261 e. The Morgan fingerprint density at radius 2 is 1.95 bits per heavy atom. The van der Waals surface area contributed by atoms with E-state index in [-0.39, 0.29) is 41.4 Å². The molecule has 38 heavy (non-hydrogen) atoms. The normalized spacial score (nSPS) is 16.9. The first-order valence-electron chi connectivity index (χ1n) is 13.0. The summed E-state index contributed by atoms with van der Waals surface area (Å²) in [6.45, 7) is 3.37. The smallest absolute Gasteiger partial charge is 0.261 e. The van der Waals surface area contributed by atoms with Crippen molar-refractivity contribution in [3.63, 3.8) is 0 Å². The van der Waals surface area contributed by atoms with Crippen LogP contribution in [0.25, 0.3) is 0 Å². The molecule has 2 aliphatic rings. The van der Waals surface area contributed by atoms with E-state index in [1.165, 1.54) is 23.3 Å². The van der Waals surface area contributed by atoms with Gasteiger partial charge in [0.05, 0.1) is 12.6 Å². The number of hydrogen-bond acceptors (Lipinski definition) is 7. The number of hydrogen-bond donors (Lipinski definition) is 3. The van der Waals surface area contributed by atoms with Crippen LogP contribution in [0.3, 0.4) is 0 Å². The number of phenols is 2. The molecule has 5 rings (SSSR count). The summed E-state index contributed by atoms with van der Waals surface area (Å²) in [4.78, 5) is 17.7. The molecule has 0 radical (unpaired) electrons. The van der Waals surface area contributed by atoms with Crippen LogP contribution in [0.5, 0.6) is 17.2 Å². The van der Waals surface area contributed by atoms with Crippen molar-refractivity contribution < 1.29 is 24.5 Å². The second-order valence-corrected chi connectivity index (χ2v) is 10.3. The first-order chi connectivity index (χ1) is 18.4. The first kappa shape index (κ1) is 25.9. The van der Waals surface area contributed by atoms with Gasteiger partial charge in [0.2, 0.25) is 0 Å². The molecule has 8 heteroatoms. The lowest BCUT2D eigenvalue weighted by Gasteiger charge is -2.32. The van der Waals surface area contributed by atoms with Gasteiger partial charge in [0.25, 0.3) is 5.91 Å². The van der Waals surface area contributed by atoms with Gasteiger partial charge in [0.1, 0.15) is 29.4 Å². The van der Waals surface area contributed by atoms with Crippen molar-refractivity contribution in [2.24, 2.45) is 0 Å². The molecule has 200 valence electrons. The average Bonchev–Trinajstić information content (AvgIpc) is 3.40. The SMILES string of the molecule is CN(C)Cc1cc2c(c(N[C@@H]3CCOC3)c1)CN(C(=O)c1c(O)cc(O)cc1OCc1ccccc1)CC2. The van der Waals surface area contributed by atoms with E-state index >= 15 is 0 Å². The monoisotopic (exact) mass is 517 g/mol. The second-order valence-electron chi connectivity index (χ2n) is 10.3. The fourth-order valence-corrected chi connectivity index (χ4v) is 5.17. The molecule has 0 bridgehead atoms. The van der Waals surface area contributed by atoms with Crippen molar-refractivity contribution in [1.29, 1.82) is 0 Å². The molecule has 3 aromatic rings. The number of anilines is 1. The summed E-state index contributed by atoms with van der Waals surface area (Å²) in [5, 5.41) is 24.5. The van der Waals surface area contributed by atoms with Gasteiger partial charge in [-0.2, -0.15) is 0 Å². The Bertz CT molecular complexity index is 1290. The molecule has 0 saturated carbocycles. The number of nitrogens with zero attached hydrogens (tertiary/aromatic N) is 2. The van der Waals surface area contributed by atoms with Gasteiger partial charge in [-0.05, 0) is 55.3 Å². The fraction of sp³-hybridized carbons (Fsp3) is 0.367. The Morgan fingerprint density at radius 1 is 1.13 bits per heavy atom. The number of amides is 1. The Kier molecular flexibility index (Phi) is 7.72. The van der Waals surface area contributed by atoms with Crippen molar-refractivity contribution >= 4 is 11.6 Å². The predicted octanol–water partition coefficient (Wildman–Crippen LogP) is 4.14. The minimum absolute atomic E-state index is 0.0603. The van der Waals surface area contributed by atoms with Gasteiger partial charge in [0, 0.05) is 44.1 Å². The van der Waals surface area contributed by atoms with Crippen LogP contribution in [-0.2, 0) is 30.9 Å². The number of carbonyl (C=O) groups excluding carboxylic acids is 1. The number of benzene rings is 3. The van der Waals surface area contributed by atoms with E-state index in [1.54, 1.807) is 4.90 Å². The van der Waals surface area contributed by atoms with E-state index in [1.807, 2.05) is 30.3 Å². The van der Waals surface area contributed by atoms with Crippen LogP contribution >= 0.6 is 0 Å². The molecular weight excluding hydrogens is 482 g/mol. The summed E-state index contributed by atoms with van der Waals surface area (Å²) in [6, 6.07) is 16.8. The van der Waals surface area contributed by atoms with Gasteiger partial charge < -0.3 is 34.8 Å². The van der Waals surface area contributed by atoms with Crippen LogP contribution in [0.4, 0.5) is 5.69 Å². The Balaban J connectivity index is 1.42. The average molecular weight is 518 g/mol. The Morgan fingerprint density at radius 3 is 2.68 bits per heavy atom. The predicted molar refractivity (Wildman–Crippen MR) is 146 cm³/mol. The summed E-state index contributed by atoms with van der Waals surface area (Å²) in [6.07, 6.45) is 1.65. The summed E-state index contributed by atoms with van der Waals surface area (Å²) in [5.74, 6) is -0.634. The quantitative estimate of drug-likeness (QED) is 0.414. The Labute approximate surface area is 223 Å². The minimum atomic E-state index is -0.330. The van der Waals surface area contributed by atoms with Gasteiger partial charge in [-0.1, -0.05) is 36.4 Å². The van der Waals surface area contributed by atoms with Gasteiger partial charge >= 0.3 is 0 Å². The summed E-state index contributed by atoms with van der Waals surface area (Å²) in [7, 11) is 4.11. The number of phenolic OH excluding ortho intramolecular Hbond substituents is 2. The highest BCUT2D eigenvalue weighted by atomic mass is 16.5. The zero-order valence-electron chi connectivity index (χ0n) is 21.9. The van der Waals surface area contributed by atoms with Crippen molar-refractivity contribution in [2.75, 3.05) is 39.2 Å². The van der Waals surface area contributed by atoms with Crippen LogP contribution < -0.4 is 10.1 Å². The second kappa shape index (κ2) is 11.3. The van der Waals surface area contributed by atoms with Crippen molar-refractivity contribution in [2.45, 2.75) is 38.6 Å². The van der Waals surface area contributed by atoms with E-state index in [4.69, 9.17) is 9.47 Å². The molecule has 1 fully saturated rings. The van der Waals surface area contributed by atoms with Crippen LogP contribution in [0.2, 0.25) is 0 Å². The third-order valence-corrected chi connectivity index (χ3v) is 6.99. The first-order valence-corrected chi connectivity index (χ1v) is 13.0. The molecule has 2 heterocycles. The number of rotatable bonds is 8.